The molecule has 41 heavy (non-hydrogen) atoms. The number of fused-ring (bicyclic) bond motifs is 1. The number of rotatable bonds is 10. The Kier molecular flexibility index (Phi) is 10.1. The fourth-order valence-corrected chi connectivity index (χ4v) is 5.89. The molecule has 0 spiro atoms. The SMILES string of the molecule is O=C(NC1CCCCC1)[C@H](Cc1ccccc1)N(Cc1ccc(Cl)c(Cl)c1)C(=O)CCc1ccc2c(c1)OCCO2. The van der Waals surface area contributed by atoms with Crippen LogP contribution in [0.4, 0.5) is 0 Å². The molecule has 1 atom stereocenters. The number of hydrogen-bond acceptors (Lipinski definition) is 4. The highest BCUT2D eigenvalue weighted by Gasteiger charge is 2.32. The summed E-state index contributed by atoms with van der Waals surface area (Å²) >= 11 is 12.5. The summed E-state index contributed by atoms with van der Waals surface area (Å²) in [6.07, 6.45) is 6.51. The smallest absolute Gasteiger partial charge is 0.243 e. The molecule has 0 saturated heterocycles. The summed E-state index contributed by atoms with van der Waals surface area (Å²) in [5.74, 6) is 1.19. The number of aryl methyl sites for hydroxylation is 1. The van der Waals surface area contributed by atoms with Gasteiger partial charge in [0.2, 0.25) is 11.8 Å². The second kappa shape index (κ2) is 14.1. The predicted molar refractivity (Wildman–Crippen MR) is 162 cm³/mol. The van der Waals surface area contributed by atoms with Crippen LogP contribution in [0.2, 0.25) is 10.0 Å². The van der Waals surface area contributed by atoms with E-state index in [0.717, 1.165) is 48.1 Å². The molecule has 0 bridgehead atoms. The molecule has 216 valence electrons. The van der Waals surface area contributed by atoms with E-state index >= 15 is 0 Å². The van der Waals surface area contributed by atoms with Crippen LogP contribution in [0.5, 0.6) is 11.5 Å². The summed E-state index contributed by atoms with van der Waals surface area (Å²) in [6, 6.07) is 20.4. The second-order valence-corrected chi connectivity index (χ2v) is 11.6. The van der Waals surface area contributed by atoms with Crippen molar-refractivity contribution in [1.82, 2.24) is 10.2 Å². The summed E-state index contributed by atoms with van der Waals surface area (Å²) in [7, 11) is 0. The molecule has 3 aromatic rings. The monoisotopic (exact) mass is 594 g/mol. The first kappa shape index (κ1) is 29.3. The highest BCUT2D eigenvalue weighted by atomic mass is 35.5. The van der Waals surface area contributed by atoms with Gasteiger partial charge in [0.1, 0.15) is 19.3 Å². The van der Waals surface area contributed by atoms with Gasteiger partial charge >= 0.3 is 0 Å². The van der Waals surface area contributed by atoms with Gasteiger partial charge in [0.05, 0.1) is 10.0 Å². The van der Waals surface area contributed by atoms with Crippen LogP contribution in [-0.4, -0.2) is 42.0 Å². The van der Waals surface area contributed by atoms with Crippen molar-refractivity contribution in [2.45, 2.75) is 70.0 Å². The zero-order valence-electron chi connectivity index (χ0n) is 23.1. The standard InChI is InChI=1S/C33H36Cl2N2O4/c34-27-14-11-25(19-28(27)35)22-37(32(38)16-13-24-12-15-30-31(21-24)41-18-17-40-30)29(20-23-7-3-1-4-8-23)33(39)36-26-9-5-2-6-10-26/h1,3-4,7-8,11-12,14-15,19,21,26,29H,2,5-6,9-10,13,16-18,20,22H2,(H,36,39)/t29-/m0/s1. The van der Waals surface area contributed by atoms with Gasteiger partial charge < -0.3 is 19.7 Å². The Morgan fingerprint density at radius 3 is 2.32 bits per heavy atom. The van der Waals surface area contributed by atoms with Crippen LogP contribution in [0, 0.1) is 0 Å². The molecular formula is C33H36Cl2N2O4. The second-order valence-electron chi connectivity index (χ2n) is 10.8. The largest absolute Gasteiger partial charge is 0.486 e. The van der Waals surface area contributed by atoms with Gasteiger partial charge in [-0.3, -0.25) is 9.59 Å². The van der Waals surface area contributed by atoms with Crippen LogP contribution >= 0.6 is 23.2 Å². The number of hydrogen-bond donors (Lipinski definition) is 1. The summed E-state index contributed by atoms with van der Waals surface area (Å²) < 4.78 is 11.4. The van der Waals surface area contributed by atoms with E-state index in [2.05, 4.69) is 5.32 Å². The number of ether oxygens (including phenoxy) is 2. The number of benzene rings is 3. The van der Waals surface area contributed by atoms with Gasteiger partial charge in [0.25, 0.3) is 0 Å². The third-order valence-electron chi connectivity index (χ3n) is 7.79. The van der Waals surface area contributed by atoms with E-state index in [-0.39, 0.29) is 30.8 Å². The minimum atomic E-state index is -0.679. The van der Waals surface area contributed by atoms with E-state index in [1.807, 2.05) is 54.6 Å². The van der Waals surface area contributed by atoms with Gasteiger partial charge in [0.15, 0.2) is 11.5 Å². The Morgan fingerprint density at radius 2 is 1.56 bits per heavy atom. The number of nitrogens with one attached hydrogen (secondary N) is 1. The predicted octanol–water partition coefficient (Wildman–Crippen LogP) is 6.79. The van der Waals surface area contributed by atoms with Crippen molar-refractivity contribution in [3.05, 3.63) is 93.5 Å². The Balaban J connectivity index is 1.41. The van der Waals surface area contributed by atoms with E-state index in [1.165, 1.54) is 6.42 Å². The quantitative estimate of drug-likeness (QED) is 0.281. The van der Waals surface area contributed by atoms with Crippen molar-refractivity contribution in [3.63, 3.8) is 0 Å². The van der Waals surface area contributed by atoms with E-state index in [1.54, 1.807) is 17.0 Å². The molecule has 3 aromatic carbocycles. The van der Waals surface area contributed by atoms with Crippen LogP contribution in [0.1, 0.15) is 55.2 Å². The molecule has 6 nitrogen and oxygen atoms in total. The van der Waals surface area contributed by atoms with E-state index < -0.39 is 6.04 Å². The lowest BCUT2D eigenvalue weighted by molar-refractivity contribution is -0.141. The number of halogens is 2. The molecule has 0 unspecified atom stereocenters. The highest BCUT2D eigenvalue weighted by Crippen LogP contribution is 2.31. The van der Waals surface area contributed by atoms with Gasteiger partial charge in [-0.05, 0) is 60.2 Å². The summed E-state index contributed by atoms with van der Waals surface area (Å²) in [5, 5.41) is 4.14. The minimum Gasteiger partial charge on any atom is -0.486 e. The number of carbonyl (C=O) groups is 2. The summed E-state index contributed by atoms with van der Waals surface area (Å²) in [5.41, 5.74) is 2.79. The van der Waals surface area contributed by atoms with Crippen molar-refractivity contribution in [2.24, 2.45) is 0 Å². The van der Waals surface area contributed by atoms with E-state index in [0.29, 0.717) is 41.9 Å². The van der Waals surface area contributed by atoms with Crippen LogP contribution in [0.15, 0.2) is 66.7 Å². The van der Waals surface area contributed by atoms with Crippen LogP contribution in [0.25, 0.3) is 0 Å². The third-order valence-corrected chi connectivity index (χ3v) is 8.53. The maximum Gasteiger partial charge on any atom is 0.243 e. The zero-order valence-corrected chi connectivity index (χ0v) is 24.6. The third kappa shape index (κ3) is 7.96. The van der Waals surface area contributed by atoms with Gasteiger partial charge in [-0.1, -0.05) is 84.9 Å². The normalized spacial score (nSPS) is 15.7. The average molecular weight is 596 g/mol. The van der Waals surface area contributed by atoms with Gasteiger partial charge in [-0.15, -0.1) is 0 Å². The first-order valence-electron chi connectivity index (χ1n) is 14.4. The van der Waals surface area contributed by atoms with Crippen molar-refractivity contribution >= 4 is 35.0 Å². The molecule has 1 fully saturated rings. The molecule has 1 N–H and O–H groups in total. The number of carbonyl (C=O) groups excluding carboxylic acids is 2. The molecule has 5 rings (SSSR count). The maximum absolute atomic E-state index is 14.0. The first-order valence-corrected chi connectivity index (χ1v) is 15.2. The molecule has 0 radical (unpaired) electrons. The molecule has 2 amide bonds. The van der Waals surface area contributed by atoms with Gasteiger partial charge in [-0.2, -0.15) is 0 Å². The van der Waals surface area contributed by atoms with Crippen LogP contribution in [0.3, 0.4) is 0 Å². The molecule has 1 saturated carbocycles. The van der Waals surface area contributed by atoms with Crippen molar-refractivity contribution in [1.29, 1.82) is 0 Å². The molecule has 2 aliphatic rings. The van der Waals surface area contributed by atoms with E-state index in [9.17, 15) is 9.59 Å². The molecule has 0 aromatic heterocycles. The Bertz CT molecular complexity index is 1340. The number of amides is 2. The topological polar surface area (TPSA) is 67.9 Å². The van der Waals surface area contributed by atoms with Crippen molar-refractivity contribution in [2.75, 3.05) is 13.2 Å². The Morgan fingerprint density at radius 1 is 0.829 bits per heavy atom. The fraction of sp³-hybridized carbons (Fsp3) is 0.394. The zero-order chi connectivity index (χ0) is 28.6. The lowest BCUT2D eigenvalue weighted by Crippen LogP contribution is -2.52. The lowest BCUT2D eigenvalue weighted by Gasteiger charge is -2.33. The maximum atomic E-state index is 14.0. The molecule has 1 aliphatic carbocycles. The average Bonchev–Trinajstić information content (AvgIpc) is 3.00. The molecule has 1 heterocycles. The number of nitrogens with zero attached hydrogens (tertiary/aromatic N) is 1. The highest BCUT2D eigenvalue weighted by molar-refractivity contribution is 6.42. The Hall–Kier alpha value is -3.22. The van der Waals surface area contributed by atoms with Crippen LogP contribution in [-0.2, 0) is 29.0 Å². The van der Waals surface area contributed by atoms with Crippen molar-refractivity contribution < 1.29 is 19.1 Å². The van der Waals surface area contributed by atoms with Gasteiger partial charge in [0, 0.05) is 25.4 Å². The first-order chi connectivity index (χ1) is 20.0. The van der Waals surface area contributed by atoms with Gasteiger partial charge in [-0.25, -0.2) is 0 Å². The van der Waals surface area contributed by atoms with Crippen molar-refractivity contribution in [3.8, 4) is 11.5 Å². The minimum absolute atomic E-state index is 0.106. The lowest BCUT2D eigenvalue weighted by atomic mass is 9.94. The summed E-state index contributed by atoms with van der Waals surface area (Å²) in [4.78, 5) is 29.7. The fourth-order valence-electron chi connectivity index (χ4n) is 5.57. The molecule has 8 heteroatoms. The molecular weight excluding hydrogens is 559 g/mol. The van der Waals surface area contributed by atoms with Crippen LogP contribution < -0.4 is 14.8 Å². The van der Waals surface area contributed by atoms with E-state index in [4.69, 9.17) is 32.7 Å². The molecule has 1 aliphatic heterocycles. The summed E-state index contributed by atoms with van der Waals surface area (Å²) in [6.45, 7) is 1.27. The Labute approximate surface area is 251 Å².